The topological polar surface area (TPSA) is 98.9 Å². The van der Waals surface area contributed by atoms with Crippen LogP contribution in [-0.4, -0.2) is 35.3 Å². The van der Waals surface area contributed by atoms with Gasteiger partial charge < -0.3 is 14.6 Å². The lowest BCUT2D eigenvalue weighted by Crippen LogP contribution is -2.50. The second-order valence-electron chi connectivity index (χ2n) is 5.38. The molecule has 0 radical (unpaired) electrons. The van der Waals surface area contributed by atoms with Crippen LogP contribution in [0.3, 0.4) is 0 Å². The number of fused-ring (bicyclic) bond motifs is 3. The van der Waals surface area contributed by atoms with Gasteiger partial charge in [-0.05, 0) is 18.9 Å². The maximum absolute atomic E-state index is 12.1. The van der Waals surface area contributed by atoms with E-state index >= 15 is 0 Å². The Morgan fingerprint density at radius 3 is 2.86 bits per heavy atom. The summed E-state index contributed by atoms with van der Waals surface area (Å²) in [6.07, 6.45) is -0.435. The van der Waals surface area contributed by atoms with Crippen LogP contribution in [-0.2, 0) is 4.79 Å². The molecule has 7 heteroatoms. The van der Waals surface area contributed by atoms with Crippen LogP contribution in [0.2, 0.25) is 0 Å². The number of benzene rings is 1. The van der Waals surface area contributed by atoms with E-state index in [4.69, 9.17) is 9.47 Å². The number of carbonyl (C=O) groups is 1. The molecular weight excluding hydrogens is 278 g/mol. The number of aliphatic hydroxyl groups excluding tert-OH is 1. The number of esters is 1. The van der Waals surface area contributed by atoms with Gasteiger partial charge in [-0.1, -0.05) is 6.07 Å². The van der Waals surface area contributed by atoms with Crippen molar-refractivity contribution in [3.63, 3.8) is 0 Å². The summed E-state index contributed by atoms with van der Waals surface area (Å²) in [6.45, 7) is 0. The van der Waals surface area contributed by atoms with Crippen molar-refractivity contribution in [2.45, 2.75) is 30.9 Å². The maximum atomic E-state index is 12.1. The SMILES string of the molecule is COc1ccc2c(c1)OC(=O)[C@@H]1CC[C@@H](O)[C@@H]([N+](=O)[O-])[C@H]21. The molecule has 1 fully saturated rings. The van der Waals surface area contributed by atoms with Gasteiger partial charge in [0.25, 0.3) is 0 Å². The zero-order valence-corrected chi connectivity index (χ0v) is 11.4. The molecule has 1 aromatic rings. The summed E-state index contributed by atoms with van der Waals surface area (Å²) in [5.41, 5.74) is 0.584. The fourth-order valence-electron chi connectivity index (χ4n) is 3.30. The average Bonchev–Trinajstić information content (AvgIpc) is 2.45. The average molecular weight is 293 g/mol. The van der Waals surface area contributed by atoms with Crippen molar-refractivity contribution >= 4 is 5.97 Å². The molecule has 0 unspecified atom stereocenters. The van der Waals surface area contributed by atoms with Gasteiger partial charge in [0.1, 0.15) is 17.6 Å². The smallest absolute Gasteiger partial charge is 0.315 e. The summed E-state index contributed by atoms with van der Waals surface area (Å²) in [7, 11) is 1.49. The van der Waals surface area contributed by atoms with Gasteiger partial charge in [-0.3, -0.25) is 14.9 Å². The van der Waals surface area contributed by atoms with Gasteiger partial charge in [0, 0.05) is 16.6 Å². The highest BCUT2D eigenvalue weighted by Crippen LogP contribution is 2.47. The highest BCUT2D eigenvalue weighted by atomic mass is 16.6. The van der Waals surface area contributed by atoms with Gasteiger partial charge in [-0.2, -0.15) is 0 Å². The van der Waals surface area contributed by atoms with Crippen molar-refractivity contribution in [3.8, 4) is 11.5 Å². The van der Waals surface area contributed by atoms with E-state index in [0.717, 1.165) is 0 Å². The standard InChI is InChI=1S/C14H15NO6/c1-20-7-2-3-8-11(6-7)21-14(17)9-4-5-10(16)13(12(8)9)15(18)19/h2-3,6,9-10,12-13,16H,4-5H2,1H3/t9-,10-,12-,13-/m1/s1. The van der Waals surface area contributed by atoms with E-state index in [1.165, 1.54) is 7.11 Å². The summed E-state index contributed by atoms with van der Waals surface area (Å²) >= 11 is 0. The van der Waals surface area contributed by atoms with E-state index in [-0.39, 0.29) is 12.2 Å². The molecule has 2 aliphatic rings. The number of nitro groups is 1. The fourth-order valence-corrected chi connectivity index (χ4v) is 3.30. The van der Waals surface area contributed by atoms with Gasteiger partial charge in [0.2, 0.25) is 6.04 Å². The molecule has 3 rings (SSSR count). The molecule has 0 saturated heterocycles. The molecule has 0 aromatic heterocycles. The number of hydrogen-bond donors (Lipinski definition) is 1. The molecule has 1 heterocycles. The second kappa shape index (κ2) is 5.00. The molecule has 0 bridgehead atoms. The first-order valence-electron chi connectivity index (χ1n) is 6.74. The lowest BCUT2D eigenvalue weighted by molar-refractivity contribution is -0.543. The van der Waals surface area contributed by atoms with E-state index in [1.54, 1.807) is 18.2 Å². The van der Waals surface area contributed by atoms with Crippen molar-refractivity contribution in [2.24, 2.45) is 5.92 Å². The minimum Gasteiger partial charge on any atom is -0.497 e. The van der Waals surface area contributed by atoms with Crippen LogP contribution < -0.4 is 9.47 Å². The van der Waals surface area contributed by atoms with Crippen LogP contribution in [0.25, 0.3) is 0 Å². The molecule has 1 saturated carbocycles. The first-order chi connectivity index (χ1) is 10.0. The highest BCUT2D eigenvalue weighted by molar-refractivity contribution is 5.80. The molecule has 112 valence electrons. The van der Waals surface area contributed by atoms with E-state index in [1.807, 2.05) is 0 Å². The van der Waals surface area contributed by atoms with Gasteiger partial charge >= 0.3 is 5.97 Å². The predicted molar refractivity (Wildman–Crippen MR) is 70.9 cm³/mol. The number of hydrogen-bond acceptors (Lipinski definition) is 6. The number of methoxy groups -OCH3 is 1. The van der Waals surface area contributed by atoms with E-state index in [0.29, 0.717) is 17.7 Å². The van der Waals surface area contributed by atoms with Crippen molar-refractivity contribution < 1.29 is 24.3 Å². The third-order valence-electron chi connectivity index (χ3n) is 4.31. The second-order valence-corrected chi connectivity index (χ2v) is 5.38. The Labute approximate surface area is 120 Å². The predicted octanol–water partition coefficient (Wildman–Crippen LogP) is 1.11. The van der Waals surface area contributed by atoms with Crippen LogP contribution in [0.4, 0.5) is 0 Å². The zero-order chi connectivity index (χ0) is 15.1. The lowest BCUT2D eigenvalue weighted by atomic mass is 9.70. The number of carbonyl (C=O) groups excluding carboxylic acids is 1. The first kappa shape index (κ1) is 13.8. The van der Waals surface area contributed by atoms with Crippen LogP contribution in [0.15, 0.2) is 18.2 Å². The highest BCUT2D eigenvalue weighted by Gasteiger charge is 2.53. The number of ether oxygens (including phenoxy) is 2. The fraction of sp³-hybridized carbons (Fsp3) is 0.500. The monoisotopic (exact) mass is 293 g/mol. The summed E-state index contributed by atoms with van der Waals surface area (Å²) < 4.78 is 10.4. The van der Waals surface area contributed by atoms with Gasteiger partial charge in [0.15, 0.2) is 0 Å². The van der Waals surface area contributed by atoms with E-state index in [9.17, 15) is 20.0 Å². The van der Waals surface area contributed by atoms with Gasteiger partial charge in [-0.25, -0.2) is 0 Å². The summed E-state index contributed by atoms with van der Waals surface area (Å²) in [6, 6.07) is 3.70. The Balaban J connectivity index is 2.10. The van der Waals surface area contributed by atoms with E-state index < -0.39 is 34.9 Å². The molecule has 1 N–H and O–H groups in total. The first-order valence-corrected chi connectivity index (χ1v) is 6.74. The molecule has 1 aromatic carbocycles. The van der Waals surface area contributed by atoms with Crippen molar-refractivity contribution in [1.82, 2.24) is 0 Å². The largest absolute Gasteiger partial charge is 0.497 e. The van der Waals surface area contributed by atoms with Crippen molar-refractivity contribution in [1.29, 1.82) is 0 Å². The minimum atomic E-state index is -1.19. The van der Waals surface area contributed by atoms with Crippen LogP contribution in [0.1, 0.15) is 24.3 Å². The summed E-state index contributed by atoms with van der Waals surface area (Å²) in [5.74, 6) is -0.925. The Kier molecular flexibility index (Phi) is 3.29. The molecule has 0 amide bonds. The van der Waals surface area contributed by atoms with Crippen LogP contribution in [0, 0.1) is 16.0 Å². The summed E-state index contributed by atoms with van der Waals surface area (Å²) in [5, 5.41) is 21.3. The normalized spacial score (nSPS) is 30.9. The van der Waals surface area contributed by atoms with Crippen LogP contribution >= 0.6 is 0 Å². The summed E-state index contributed by atoms with van der Waals surface area (Å²) in [4.78, 5) is 22.9. The Morgan fingerprint density at radius 1 is 1.43 bits per heavy atom. The zero-order valence-electron chi connectivity index (χ0n) is 11.4. The van der Waals surface area contributed by atoms with Crippen LogP contribution in [0.5, 0.6) is 11.5 Å². The molecule has 0 spiro atoms. The maximum Gasteiger partial charge on any atom is 0.315 e. The van der Waals surface area contributed by atoms with Gasteiger partial charge in [0.05, 0.1) is 18.9 Å². The number of aliphatic hydroxyl groups is 1. The Morgan fingerprint density at radius 2 is 2.19 bits per heavy atom. The number of rotatable bonds is 2. The molecule has 1 aliphatic heterocycles. The minimum absolute atomic E-state index is 0.230. The van der Waals surface area contributed by atoms with E-state index in [2.05, 4.69) is 0 Å². The third kappa shape index (κ3) is 2.13. The Hall–Kier alpha value is -2.15. The van der Waals surface area contributed by atoms with Crippen molar-refractivity contribution in [2.75, 3.05) is 7.11 Å². The molecule has 7 nitrogen and oxygen atoms in total. The quantitative estimate of drug-likeness (QED) is 0.379. The molecule has 1 aliphatic carbocycles. The van der Waals surface area contributed by atoms with Gasteiger partial charge in [-0.15, -0.1) is 0 Å². The van der Waals surface area contributed by atoms with Crippen molar-refractivity contribution in [3.05, 3.63) is 33.9 Å². The number of nitrogens with zero attached hydrogens (tertiary/aromatic N) is 1. The Bertz CT molecular complexity index is 601. The molecule has 21 heavy (non-hydrogen) atoms. The molecule has 4 atom stereocenters. The molecular formula is C14H15NO6. The third-order valence-corrected chi connectivity index (χ3v) is 4.31. The lowest BCUT2D eigenvalue weighted by Gasteiger charge is -2.38.